The van der Waals surface area contributed by atoms with Gasteiger partial charge in [0, 0.05) is 49.2 Å². The van der Waals surface area contributed by atoms with Crippen molar-refractivity contribution in [1.82, 2.24) is 14.8 Å². The van der Waals surface area contributed by atoms with Gasteiger partial charge in [0.1, 0.15) is 0 Å². The molecular weight excluding hydrogens is 398 g/mol. The molecule has 1 aromatic heterocycles. The molecule has 1 fully saturated rings. The predicted molar refractivity (Wildman–Crippen MR) is 125 cm³/mol. The summed E-state index contributed by atoms with van der Waals surface area (Å²) in [6.45, 7) is 4.54. The summed E-state index contributed by atoms with van der Waals surface area (Å²) >= 11 is 0. The van der Waals surface area contributed by atoms with E-state index in [4.69, 9.17) is 0 Å². The first kappa shape index (κ1) is 21.8. The maximum absolute atomic E-state index is 11.2. The molecule has 0 bridgehead atoms. The van der Waals surface area contributed by atoms with Gasteiger partial charge in [-0.1, -0.05) is 54.3 Å². The lowest BCUT2D eigenvalue weighted by Gasteiger charge is -2.43. The number of aromatic nitrogens is 1. The van der Waals surface area contributed by atoms with E-state index in [1.807, 2.05) is 29.2 Å². The predicted octanol–water partition coefficient (Wildman–Crippen LogP) is 3.66. The average Bonchev–Trinajstić information content (AvgIpc) is 2.81. The lowest BCUT2D eigenvalue weighted by atomic mass is 9.94. The standard InChI is InChI=1S/C27H27N3O2/c1-21-19-30(16-15-29(21)20-26(31)32)27(24-9-3-2-4-10-24)25-11-5-7-22(17-25)12-13-23-8-6-14-28-18-23/h2-11,14,17-18,21,27H,15-16,19-20H2,1H3,(H,31,32). The molecule has 5 nitrogen and oxygen atoms in total. The molecule has 32 heavy (non-hydrogen) atoms. The SMILES string of the molecule is CC1CN(C(c2ccccc2)c2cccc(C#Cc3cccnc3)c2)CCN1CC(=O)O. The van der Waals surface area contributed by atoms with Gasteiger partial charge in [-0.15, -0.1) is 0 Å². The van der Waals surface area contributed by atoms with Crippen molar-refractivity contribution in [1.29, 1.82) is 0 Å². The summed E-state index contributed by atoms with van der Waals surface area (Å²) in [4.78, 5) is 19.8. The number of aliphatic carboxylic acids is 1. The van der Waals surface area contributed by atoms with Crippen LogP contribution in [0.1, 0.15) is 35.2 Å². The number of carboxylic acid groups (broad SMARTS) is 1. The first-order chi connectivity index (χ1) is 15.6. The molecule has 1 aliphatic heterocycles. The largest absolute Gasteiger partial charge is 0.480 e. The lowest BCUT2D eigenvalue weighted by Crippen LogP contribution is -2.54. The number of nitrogens with zero attached hydrogens (tertiary/aromatic N) is 3. The van der Waals surface area contributed by atoms with Crippen LogP contribution < -0.4 is 0 Å². The summed E-state index contributed by atoms with van der Waals surface area (Å²) < 4.78 is 0. The van der Waals surface area contributed by atoms with E-state index >= 15 is 0 Å². The number of benzene rings is 2. The molecule has 2 unspecified atom stereocenters. The zero-order valence-electron chi connectivity index (χ0n) is 18.2. The van der Waals surface area contributed by atoms with Crippen LogP contribution in [-0.2, 0) is 4.79 Å². The Hall–Kier alpha value is -3.46. The first-order valence-electron chi connectivity index (χ1n) is 10.9. The molecular formula is C27H27N3O2. The van der Waals surface area contributed by atoms with E-state index in [-0.39, 0.29) is 18.6 Å². The van der Waals surface area contributed by atoms with Gasteiger partial charge in [-0.25, -0.2) is 0 Å². The summed E-state index contributed by atoms with van der Waals surface area (Å²) in [5, 5.41) is 9.21. The maximum atomic E-state index is 11.2. The summed E-state index contributed by atoms with van der Waals surface area (Å²) in [6, 6.07) is 23.0. The third-order valence-corrected chi connectivity index (χ3v) is 5.83. The number of hydrogen-bond acceptors (Lipinski definition) is 4. The van der Waals surface area contributed by atoms with Gasteiger partial charge in [-0.05, 0) is 42.3 Å². The number of carboxylic acids is 1. The molecule has 1 N–H and O–H groups in total. The first-order valence-corrected chi connectivity index (χ1v) is 10.9. The number of rotatable bonds is 5. The van der Waals surface area contributed by atoms with E-state index in [1.165, 1.54) is 11.1 Å². The van der Waals surface area contributed by atoms with Crippen molar-refractivity contribution < 1.29 is 9.90 Å². The minimum absolute atomic E-state index is 0.0877. The second-order valence-electron chi connectivity index (χ2n) is 8.14. The maximum Gasteiger partial charge on any atom is 0.317 e. The van der Waals surface area contributed by atoms with Gasteiger partial charge >= 0.3 is 5.97 Å². The van der Waals surface area contributed by atoms with E-state index in [0.717, 1.165) is 30.8 Å². The number of carbonyl (C=O) groups is 1. The van der Waals surface area contributed by atoms with Crippen LogP contribution in [0.15, 0.2) is 79.1 Å². The van der Waals surface area contributed by atoms with Crippen molar-refractivity contribution in [2.24, 2.45) is 0 Å². The number of pyridine rings is 1. The Labute approximate surface area is 189 Å². The molecule has 0 amide bonds. The topological polar surface area (TPSA) is 56.7 Å². The van der Waals surface area contributed by atoms with E-state index in [0.29, 0.717) is 0 Å². The molecule has 0 spiro atoms. The molecule has 0 aliphatic carbocycles. The summed E-state index contributed by atoms with van der Waals surface area (Å²) in [5.74, 6) is 5.68. The monoisotopic (exact) mass is 425 g/mol. The zero-order chi connectivity index (χ0) is 22.3. The summed E-state index contributed by atoms with van der Waals surface area (Å²) in [5.41, 5.74) is 4.27. The van der Waals surface area contributed by atoms with Gasteiger partial charge in [-0.2, -0.15) is 0 Å². The Morgan fingerprint density at radius 2 is 1.78 bits per heavy atom. The van der Waals surface area contributed by atoms with Crippen molar-refractivity contribution in [2.45, 2.75) is 19.0 Å². The van der Waals surface area contributed by atoms with Crippen molar-refractivity contribution in [3.63, 3.8) is 0 Å². The van der Waals surface area contributed by atoms with Crippen LogP contribution >= 0.6 is 0 Å². The fourth-order valence-corrected chi connectivity index (χ4v) is 4.28. The Kier molecular flexibility index (Phi) is 6.96. The molecule has 3 aromatic rings. The van der Waals surface area contributed by atoms with E-state index in [9.17, 15) is 9.90 Å². The molecule has 4 rings (SSSR count). The van der Waals surface area contributed by atoms with Crippen LogP contribution in [0.5, 0.6) is 0 Å². The molecule has 5 heteroatoms. The van der Waals surface area contributed by atoms with Gasteiger partial charge in [-0.3, -0.25) is 19.6 Å². The van der Waals surface area contributed by atoms with Gasteiger partial charge in [0.05, 0.1) is 12.6 Å². The Morgan fingerprint density at radius 3 is 2.50 bits per heavy atom. The fourth-order valence-electron chi connectivity index (χ4n) is 4.28. The average molecular weight is 426 g/mol. The summed E-state index contributed by atoms with van der Waals surface area (Å²) in [6.07, 6.45) is 3.51. The highest BCUT2D eigenvalue weighted by Crippen LogP contribution is 2.31. The Bertz CT molecular complexity index is 1110. The third-order valence-electron chi connectivity index (χ3n) is 5.83. The van der Waals surface area contributed by atoms with Crippen molar-refractivity contribution in [2.75, 3.05) is 26.2 Å². The molecule has 0 radical (unpaired) electrons. The second-order valence-corrected chi connectivity index (χ2v) is 8.14. The van der Waals surface area contributed by atoms with E-state index < -0.39 is 5.97 Å². The van der Waals surface area contributed by atoms with E-state index in [1.54, 1.807) is 12.4 Å². The van der Waals surface area contributed by atoms with Gasteiger partial charge in [0.2, 0.25) is 0 Å². The molecule has 2 heterocycles. The lowest BCUT2D eigenvalue weighted by molar-refractivity contribution is -0.139. The highest BCUT2D eigenvalue weighted by molar-refractivity contribution is 5.69. The second kappa shape index (κ2) is 10.2. The normalized spacial score (nSPS) is 17.8. The molecule has 2 atom stereocenters. The smallest absolute Gasteiger partial charge is 0.317 e. The third kappa shape index (κ3) is 5.42. The molecule has 0 saturated carbocycles. The van der Waals surface area contributed by atoms with Gasteiger partial charge in [0.15, 0.2) is 0 Å². The van der Waals surface area contributed by atoms with Crippen LogP contribution in [-0.4, -0.2) is 58.1 Å². The van der Waals surface area contributed by atoms with Crippen LogP contribution in [0.4, 0.5) is 0 Å². The van der Waals surface area contributed by atoms with Crippen LogP contribution in [0.25, 0.3) is 0 Å². The molecule has 162 valence electrons. The Morgan fingerprint density at radius 1 is 1.03 bits per heavy atom. The van der Waals surface area contributed by atoms with Gasteiger partial charge in [0.25, 0.3) is 0 Å². The van der Waals surface area contributed by atoms with Gasteiger partial charge < -0.3 is 5.11 Å². The van der Waals surface area contributed by atoms with Crippen molar-refractivity contribution in [3.8, 4) is 11.8 Å². The van der Waals surface area contributed by atoms with Crippen LogP contribution in [0.2, 0.25) is 0 Å². The minimum Gasteiger partial charge on any atom is -0.480 e. The Balaban J connectivity index is 1.62. The number of piperazine rings is 1. The molecule has 1 aliphatic rings. The van der Waals surface area contributed by atoms with Crippen LogP contribution in [0, 0.1) is 11.8 Å². The highest BCUT2D eigenvalue weighted by atomic mass is 16.4. The molecule has 1 saturated heterocycles. The number of hydrogen-bond donors (Lipinski definition) is 1. The summed E-state index contributed by atoms with van der Waals surface area (Å²) in [7, 11) is 0. The van der Waals surface area contributed by atoms with Crippen molar-refractivity contribution in [3.05, 3.63) is 101 Å². The van der Waals surface area contributed by atoms with Crippen LogP contribution in [0.3, 0.4) is 0 Å². The van der Waals surface area contributed by atoms with Crippen molar-refractivity contribution >= 4 is 5.97 Å². The van der Waals surface area contributed by atoms with E-state index in [2.05, 4.69) is 71.1 Å². The quantitative estimate of drug-likeness (QED) is 0.633. The highest BCUT2D eigenvalue weighted by Gasteiger charge is 2.31. The zero-order valence-corrected chi connectivity index (χ0v) is 18.2. The molecule has 2 aromatic carbocycles. The minimum atomic E-state index is -0.773. The fraction of sp³-hybridized carbons (Fsp3) is 0.259.